The van der Waals surface area contributed by atoms with Crippen molar-refractivity contribution in [2.24, 2.45) is 0 Å². The van der Waals surface area contributed by atoms with Crippen LogP contribution in [0.15, 0.2) is 66.8 Å². The summed E-state index contributed by atoms with van der Waals surface area (Å²) >= 11 is 0. The molecule has 0 heterocycles. The van der Waals surface area contributed by atoms with Gasteiger partial charge in [-0.1, -0.05) is 31.4 Å². The Morgan fingerprint density at radius 2 is 1.34 bits per heavy atom. The summed E-state index contributed by atoms with van der Waals surface area (Å²) in [5, 5.41) is 0. The molecule has 0 saturated carbocycles. The van der Waals surface area contributed by atoms with E-state index < -0.39 is 11.9 Å². The van der Waals surface area contributed by atoms with Crippen molar-refractivity contribution in [3.63, 3.8) is 0 Å². The quantitative estimate of drug-likeness (QED) is 0.210. The molecule has 170 valence electrons. The van der Waals surface area contributed by atoms with Crippen molar-refractivity contribution < 1.29 is 33.3 Å². The molecule has 0 aliphatic carbocycles. The van der Waals surface area contributed by atoms with Crippen molar-refractivity contribution >= 4 is 11.9 Å². The van der Waals surface area contributed by atoms with Crippen molar-refractivity contribution in [1.29, 1.82) is 0 Å². The van der Waals surface area contributed by atoms with Crippen molar-refractivity contribution in [3.8, 4) is 28.4 Å². The Bertz CT molecular complexity index is 961. The van der Waals surface area contributed by atoms with Crippen LogP contribution in [0.3, 0.4) is 0 Å². The van der Waals surface area contributed by atoms with Gasteiger partial charge in [0.1, 0.15) is 25.6 Å². The van der Waals surface area contributed by atoms with Gasteiger partial charge in [0.05, 0.1) is 6.61 Å². The van der Waals surface area contributed by atoms with Crippen LogP contribution < -0.4 is 14.2 Å². The minimum Gasteiger partial charge on any atom is -0.487 e. The summed E-state index contributed by atoms with van der Waals surface area (Å²) in [4.78, 5) is 23.2. The first-order valence-electron chi connectivity index (χ1n) is 10.0. The number of benzene rings is 2. The lowest BCUT2D eigenvalue weighted by atomic mass is 10.0. The zero-order chi connectivity index (χ0) is 23.5. The molecule has 0 spiro atoms. The largest absolute Gasteiger partial charge is 0.487 e. The van der Waals surface area contributed by atoms with Crippen LogP contribution in [-0.4, -0.2) is 45.5 Å². The van der Waals surface area contributed by atoms with E-state index in [1.165, 1.54) is 0 Å². The van der Waals surface area contributed by atoms with E-state index in [0.717, 1.165) is 11.1 Å². The van der Waals surface area contributed by atoms with Gasteiger partial charge in [-0.3, -0.25) is 0 Å². The summed E-state index contributed by atoms with van der Waals surface area (Å²) in [5.74, 6) is 0.536. The maximum Gasteiger partial charge on any atom is 0.338 e. The van der Waals surface area contributed by atoms with E-state index >= 15 is 0 Å². The second kappa shape index (κ2) is 12.3. The number of esters is 2. The summed E-state index contributed by atoms with van der Waals surface area (Å²) < 4.78 is 26.9. The minimum absolute atomic E-state index is 0.0796. The van der Waals surface area contributed by atoms with Crippen LogP contribution in [0.4, 0.5) is 0 Å². The number of ether oxygens (including phenoxy) is 5. The van der Waals surface area contributed by atoms with Gasteiger partial charge < -0.3 is 23.7 Å². The molecule has 2 rings (SSSR count). The smallest absolute Gasteiger partial charge is 0.338 e. The fraction of sp³-hybridized carbons (Fsp3) is 0.280. The highest BCUT2D eigenvalue weighted by Crippen LogP contribution is 2.33. The van der Waals surface area contributed by atoms with Gasteiger partial charge in [-0.2, -0.15) is 0 Å². The predicted molar refractivity (Wildman–Crippen MR) is 121 cm³/mol. The molecule has 0 aliphatic heterocycles. The Morgan fingerprint density at radius 3 is 1.97 bits per heavy atom. The molecule has 0 N–H and O–H groups in total. The lowest BCUT2D eigenvalue weighted by molar-refractivity contribution is -0.139. The number of hydrogen-bond acceptors (Lipinski definition) is 7. The van der Waals surface area contributed by atoms with Crippen LogP contribution in [0.1, 0.15) is 13.8 Å². The van der Waals surface area contributed by atoms with E-state index in [0.29, 0.717) is 41.6 Å². The molecule has 0 atom stereocenters. The first-order valence-corrected chi connectivity index (χ1v) is 10.0. The summed E-state index contributed by atoms with van der Waals surface area (Å²) in [6, 6.07) is 12.6. The van der Waals surface area contributed by atoms with Gasteiger partial charge in [0.15, 0.2) is 11.5 Å². The Kier molecular flexibility index (Phi) is 9.50. The molecule has 2 aromatic carbocycles. The molecule has 0 radical (unpaired) electrons. The number of rotatable bonds is 12. The van der Waals surface area contributed by atoms with Crippen LogP contribution in [0.2, 0.25) is 0 Å². The van der Waals surface area contributed by atoms with Crippen LogP contribution in [0, 0.1) is 0 Å². The molecule has 0 saturated heterocycles. The van der Waals surface area contributed by atoms with Gasteiger partial charge in [0.25, 0.3) is 0 Å². The second-order valence-electron chi connectivity index (χ2n) is 6.96. The van der Waals surface area contributed by atoms with Gasteiger partial charge in [-0.05, 0) is 49.2 Å². The van der Waals surface area contributed by atoms with Gasteiger partial charge in [-0.25, -0.2) is 9.59 Å². The molecule has 0 unspecified atom stereocenters. The molecule has 0 aromatic heterocycles. The average molecular weight is 440 g/mol. The van der Waals surface area contributed by atoms with Crippen LogP contribution in [0.25, 0.3) is 11.1 Å². The summed E-state index contributed by atoms with van der Waals surface area (Å²) in [7, 11) is 1.59. The number of carbonyl (C=O) groups is 2. The van der Waals surface area contributed by atoms with Crippen molar-refractivity contribution in [1.82, 2.24) is 0 Å². The normalized spacial score (nSPS) is 10.2. The first kappa shape index (κ1) is 24.7. The highest BCUT2D eigenvalue weighted by molar-refractivity contribution is 5.89. The number of methoxy groups -OCH3 is 1. The van der Waals surface area contributed by atoms with E-state index in [1.807, 2.05) is 24.3 Å². The molecule has 0 bridgehead atoms. The van der Waals surface area contributed by atoms with Crippen molar-refractivity contribution in [2.75, 3.05) is 33.5 Å². The summed E-state index contributed by atoms with van der Waals surface area (Å²) in [6.45, 7) is 11.3. The molecular formula is C25H28O7. The third kappa shape index (κ3) is 7.59. The standard InChI is InChI=1S/C25H28O7/c1-17(2)24(26)31-15-14-30-23-16-20(8-11-22(23)29-13-12-28-5)19-6-9-21(10-7-19)32-25(27)18(3)4/h6-11,16H,1,3,12-15H2,2,4-5H3. The molecule has 0 amide bonds. The van der Waals surface area contributed by atoms with E-state index in [1.54, 1.807) is 39.2 Å². The number of carbonyl (C=O) groups excluding carboxylic acids is 2. The molecule has 2 aromatic rings. The molecule has 7 nitrogen and oxygen atoms in total. The third-order valence-electron chi connectivity index (χ3n) is 4.16. The van der Waals surface area contributed by atoms with Crippen LogP contribution in [-0.2, 0) is 19.1 Å². The zero-order valence-corrected chi connectivity index (χ0v) is 18.6. The monoisotopic (exact) mass is 440 g/mol. The second-order valence-corrected chi connectivity index (χ2v) is 6.96. The van der Waals surface area contributed by atoms with E-state index in [-0.39, 0.29) is 13.2 Å². The third-order valence-corrected chi connectivity index (χ3v) is 4.16. The van der Waals surface area contributed by atoms with Crippen molar-refractivity contribution in [3.05, 3.63) is 66.8 Å². The molecular weight excluding hydrogens is 412 g/mol. The Balaban J connectivity index is 2.14. The van der Waals surface area contributed by atoms with Gasteiger partial charge in [0, 0.05) is 18.3 Å². The van der Waals surface area contributed by atoms with Crippen molar-refractivity contribution in [2.45, 2.75) is 13.8 Å². The highest BCUT2D eigenvalue weighted by Gasteiger charge is 2.11. The Morgan fingerprint density at radius 1 is 0.750 bits per heavy atom. The minimum atomic E-state index is -0.474. The molecule has 0 aliphatic rings. The fourth-order valence-corrected chi connectivity index (χ4v) is 2.47. The van der Waals surface area contributed by atoms with E-state index in [4.69, 9.17) is 23.7 Å². The Hall–Kier alpha value is -3.58. The van der Waals surface area contributed by atoms with Gasteiger partial charge in [-0.15, -0.1) is 0 Å². The molecule has 0 fully saturated rings. The zero-order valence-electron chi connectivity index (χ0n) is 18.6. The van der Waals surface area contributed by atoms with Crippen LogP contribution in [0.5, 0.6) is 17.2 Å². The van der Waals surface area contributed by atoms with Gasteiger partial charge in [0.2, 0.25) is 0 Å². The maximum absolute atomic E-state index is 11.7. The highest BCUT2D eigenvalue weighted by atomic mass is 16.6. The SMILES string of the molecule is C=C(C)C(=O)OCCOc1cc(-c2ccc(OC(=O)C(=C)C)cc2)ccc1OCCOC. The topological polar surface area (TPSA) is 80.3 Å². The fourth-order valence-electron chi connectivity index (χ4n) is 2.47. The van der Waals surface area contributed by atoms with Gasteiger partial charge >= 0.3 is 11.9 Å². The van der Waals surface area contributed by atoms with E-state index in [2.05, 4.69) is 13.2 Å². The molecule has 32 heavy (non-hydrogen) atoms. The van der Waals surface area contributed by atoms with Crippen LogP contribution >= 0.6 is 0 Å². The first-order chi connectivity index (χ1) is 15.3. The Labute approximate surface area is 188 Å². The summed E-state index contributed by atoms with van der Waals surface area (Å²) in [6.07, 6.45) is 0. The lowest BCUT2D eigenvalue weighted by Crippen LogP contribution is -2.13. The summed E-state index contributed by atoms with van der Waals surface area (Å²) in [5.41, 5.74) is 2.42. The molecule has 7 heteroatoms. The predicted octanol–water partition coefficient (Wildman–Crippen LogP) is 4.36. The number of hydrogen-bond donors (Lipinski definition) is 0. The average Bonchev–Trinajstić information content (AvgIpc) is 2.77. The lowest BCUT2D eigenvalue weighted by Gasteiger charge is -2.15. The maximum atomic E-state index is 11.7. The van der Waals surface area contributed by atoms with E-state index in [9.17, 15) is 9.59 Å².